The number of amides is 1. The van der Waals surface area contributed by atoms with Crippen LogP contribution in [0.15, 0.2) is 59.6 Å². The van der Waals surface area contributed by atoms with E-state index in [4.69, 9.17) is 11.5 Å². The Bertz CT molecular complexity index is 848. The van der Waals surface area contributed by atoms with E-state index in [1.807, 2.05) is 11.0 Å². The minimum Gasteiger partial charge on any atom is -0.370 e. The molecule has 6 heteroatoms. The Balaban J connectivity index is 1.58. The van der Waals surface area contributed by atoms with Gasteiger partial charge in [0.2, 0.25) is 5.91 Å². The molecule has 0 unspecified atom stereocenters. The average Bonchev–Trinajstić information content (AvgIpc) is 3.00. The summed E-state index contributed by atoms with van der Waals surface area (Å²) in [6.45, 7) is 2.83. The Morgan fingerprint density at radius 3 is 2.55 bits per heavy atom. The van der Waals surface area contributed by atoms with Gasteiger partial charge >= 0.3 is 0 Å². The second-order valence-electron chi connectivity index (χ2n) is 8.18. The number of carbonyl (C=O) groups excluding carboxylic acids is 1. The second-order valence-corrected chi connectivity index (χ2v) is 8.18. The van der Waals surface area contributed by atoms with Crippen molar-refractivity contribution < 1.29 is 4.79 Å². The van der Waals surface area contributed by atoms with Gasteiger partial charge in [-0.1, -0.05) is 54.6 Å². The monoisotopic (exact) mass is 421 g/mol. The van der Waals surface area contributed by atoms with Crippen LogP contribution in [-0.2, 0) is 24.2 Å². The number of nitrogens with zero attached hydrogens (tertiary/aromatic N) is 2. The molecule has 2 aromatic carbocycles. The number of aryl methyl sites for hydroxylation is 2. The summed E-state index contributed by atoms with van der Waals surface area (Å²) in [5, 5.41) is 3.52. The smallest absolute Gasteiger partial charge is 0.240 e. The Morgan fingerprint density at radius 2 is 1.77 bits per heavy atom. The van der Waals surface area contributed by atoms with Gasteiger partial charge < -0.3 is 21.7 Å². The highest BCUT2D eigenvalue weighted by atomic mass is 16.2. The first kappa shape index (κ1) is 22.8. The molecule has 31 heavy (non-hydrogen) atoms. The van der Waals surface area contributed by atoms with Crippen LogP contribution in [0.4, 0.5) is 0 Å². The SMILES string of the molecule is NC(N)=NCCC[C@@H](NCCCc1ccccc1)C(=O)N1CCCc2ccccc2C1. The van der Waals surface area contributed by atoms with Crippen molar-refractivity contribution in [1.82, 2.24) is 10.2 Å². The summed E-state index contributed by atoms with van der Waals surface area (Å²) >= 11 is 0. The molecule has 0 bridgehead atoms. The fourth-order valence-corrected chi connectivity index (χ4v) is 4.14. The summed E-state index contributed by atoms with van der Waals surface area (Å²) in [6.07, 6.45) is 5.50. The molecule has 1 amide bonds. The van der Waals surface area contributed by atoms with Gasteiger partial charge in [-0.25, -0.2) is 0 Å². The maximum absolute atomic E-state index is 13.4. The van der Waals surface area contributed by atoms with Crippen molar-refractivity contribution >= 4 is 11.9 Å². The highest BCUT2D eigenvalue weighted by Gasteiger charge is 2.25. The zero-order chi connectivity index (χ0) is 21.9. The molecule has 0 saturated carbocycles. The van der Waals surface area contributed by atoms with Crippen LogP contribution in [0, 0.1) is 0 Å². The van der Waals surface area contributed by atoms with Crippen molar-refractivity contribution in [2.45, 2.75) is 51.1 Å². The quantitative estimate of drug-likeness (QED) is 0.312. The number of rotatable bonds is 10. The minimum atomic E-state index is -0.213. The predicted molar refractivity (Wildman–Crippen MR) is 127 cm³/mol. The number of benzene rings is 2. The van der Waals surface area contributed by atoms with E-state index < -0.39 is 0 Å². The third-order valence-electron chi connectivity index (χ3n) is 5.78. The van der Waals surface area contributed by atoms with Crippen LogP contribution in [0.25, 0.3) is 0 Å². The van der Waals surface area contributed by atoms with Gasteiger partial charge in [-0.15, -0.1) is 0 Å². The lowest BCUT2D eigenvalue weighted by Crippen LogP contribution is -2.46. The molecule has 0 saturated heterocycles. The Labute approximate surface area is 185 Å². The number of hydrogen-bond acceptors (Lipinski definition) is 3. The average molecular weight is 422 g/mol. The van der Waals surface area contributed by atoms with Crippen LogP contribution in [0.5, 0.6) is 0 Å². The molecule has 1 atom stereocenters. The van der Waals surface area contributed by atoms with E-state index in [0.717, 1.165) is 51.6 Å². The largest absolute Gasteiger partial charge is 0.370 e. The molecule has 2 aromatic rings. The van der Waals surface area contributed by atoms with Crippen molar-refractivity contribution in [2.75, 3.05) is 19.6 Å². The first-order valence-corrected chi connectivity index (χ1v) is 11.3. The number of nitrogens with one attached hydrogen (secondary N) is 1. The number of aliphatic imine (C=N–C) groups is 1. The molecule has 1 aliphatic heterocycles. The maximum Gasteiger partial charge on any atom is 0.240 e. The third-order valence-corrected chi connectivity index (χ3v) is 5.78. The summed E-state index contributed by atoms with van der Waals surface area (Å²) < 4.78 is 0. The molecule has 5 N–H and O–H groups in total. The normalized spacial score (nSPS) is 14.4. The topological polar surface area (TPSA) is 96.7 Å². The van der Waals surface area contributed by atoms with Gasteiger partial charge in [0.1, 0.15) is 0 Å². The van der Waals surface area contributed by atoms with Crippen molar-refractivity contribution in [1.29, 1.82) is 0 Å². The van der Waals surface area contributed by atoms with Crippen LogP contribution in [0.2, 0.25) is 0 Å². The second kappa shape index (κ2) is 12.1. The number of hydrogen-bond donors (Lipinski definition) is 3. The lowest BCUT2D eigenvalue weighted by molar-refractivity contribution is -0.134. The van der Waals surface area contributed by atoms with E-state index in [2.05, 4.69) is 58.8 Å². The van der Waals surface area contributed by atoms with E-state index in [1.165, 1.54) is 16.7 Å². The summed E-state index contributed by atoms with van der Waals surface area (Å²) in [6, 6.07) is 18.7. The fourth-order valence-electron chi connectivity index (χ4n) is 4.14. The third kappa shape index (κ3) is 7.40. The molecule has 0 aliphatic carbocycles. The number of nitrogens with two attached hydrogens (primary N) is 2. The maximum atomic E-state index is 13.4. The van der Waals surface area contributed by atoms with E-state index in [-0.39, 0.29) is 17.9 Å². The van der Waals surface area contributed by atoms with E-state index in [9.17, 15) is 4.79 Å². The predicted octanol–water partition coefficient (Wildman–Crippen LogP) is 2.61. The van der Waals surface area contributed by atoms with E-state index >= 15 is 0 Å². The first-order chi connectivity index (χ1) is 15.1. The molecule has 166 valence electrons. The minimum absolute atomic E-state index is 0.0998. The molecule has 0 spiro atoms. The highest BCUT2D eigenvalue weighted by molar-refractivity contribution is 5.82. The zero-order valence-corrected chi connectivity index (χ0v) is 18.3. The van der Waals surface area contributed by atoms with Crippen LogP contribution < -0.4 is 16.8 Å². The highest BCUT2D eigenvalue weighted by Crippen LogP contribution is 2.19. The molecule has 0 aromatic heterocycles. The van der Waals surface area contributed by atoms with Crippen LogP contribution in [0.3, 0.4) is 0 Å². The Kier molecular flexibility index (Phi) is 8.91. The van der Waals surface area contributed by atoms with E-state index in [1.54, 1.807) is 0 Å². The van der Waals surface area contributed by atoms with Gasteiger partial charge in [-0.05, 0) is 61.8 Å². The van der Waals surface area contributed by atoms with E-state index in [0.29, 0.717) is 13.1 Å². The Hall–Kier alpha value is -2.86. The lowest BCUT2D eigenvalue weighted by atomic mass is 10.0. The van der Waals surface area contributed by atoms with Crippen molar-refractivity contribution in [3.63, 3.8) is 0 Å². The van der Waals surface area contributed by atoms with Crippen molar-refractivity contribution in [2.24, 2.45) is 16.5 Å². The van der Waals surface area contributed by atoms with Gasteiger partial charge in [0.05, 0.1) is 6.04 Å². The number of fused-ring (bicyclic) bond motifs is 1. The van der Waals surface area contributed by atoms with Crippen LogP contribution in [0.1, 0.15) is 42.4 Å². The molecule has 0 radical (unpaired) electrons. The summed E-state index contributed by atoms with van der Waals surface area (Å²) in [7, 11) is 0. The van der Waals surface area contributed by atoms with Gasteiger partial charge in [-0.2, -0.15) is 0 Å². The standard InChI is InChI=1S/C25H35N5O/c26-25(27)29-17-7-15-23(28-16-6-11-20-9-2-1-3-10-20)24(31)30-18-8-14-21-12-4-5-13-22(21)19-30/h1-5,9-10,12-13,23,28H,6-8,11,14-19H2,(H4,26,27,29)/t23-/m1/s1. The van der Waals surface area contributed by atoms with Crippen LogP contribution in [-0.4, -0.2) is 42.4 Å². The first-order valence-electron chi connectivity index (χ1n) is 11.3. The summed E-state index contributed by atoms with van der Waals surface area (Å²) in [5.41, 5.74) is 14.8. The van der Waals surface area contributed by atoms with Gasteiger partial charge in [0.25, 0.3) is 0 Å². The number of carbonyl (C=O) groups is 1. The van der Waals surface area contributed by atoms with Crippen molar-refractivity contribution in [3.05, 3.63) is 71.3 Å². The van der Waals surface area contributed by atoms with Gasteiger partial charge in [0.15, 0.2) is 5.96 Å². The fraction of sp³-hybridized carbons (Fsp3) is 0.440. The molecule has 6 nitrogen and oxygen atoms in total. The summed E-state index contributed by atoms with van der Waals surface area (Å²) in [5.74, 6) is 0.281. The molecule has 3 rings (SSSR count). The van der Waals surface area contributed by atoms with Crippen LogP contribution >= 0.6 is 0 Å². The Morgan fingerprint density at radius 1 is 1.03 bits per heavy atom. The molecule has 1 aliphatic rings. The molecular formula is C25H35N5O. The lowest BCUT2D eigenvalue weighted by Gasteiger charge is -2.27. The zero-order valence-electron chi connectivity index (χ0n) is 18.3. The molecule has 0 fully saturated rings. The molecule has 1 heterocycles. The summed E-state index contributed by atoms with van der Waals surface area (Å²) in [4.78, 5) is 19.5. The van der Waals surface area contributed by atoms with Crippen molar-refractivity contribution in [3.8, 4) is 0 Å². The van der Waals surface area contributed by atoms with Gasteiger partial charge in [-0.3, -0.25) is 9.79 Å². The van der Waals surface area contributed by atoms with Gasteiger partial charge in [0, 0.05) is 19.6 Å². The molecular weight excluding hydrogens is 386 g/mol. The number of guanidine groups is 1.